The lowest BCUT2D eigenvalue weighted by Gasteiger charge is -2.34. The summed E-state index contributed by atoms with van der Waals surface area (Å²) in [5.41, 5.74) is -4.08. The molecule has 0 radical (unpaired) electrons. The van der Waals surface area contributed by atoms with Crippen LogP contribution in [0.1, 0.15) is 174 Å². The van der Waals surface area contributed by atoms with Crippen molar-refractivity contribution in [2.75, 3.05) is 26.2 Å². The summed E-state index contributed by atoms with van der Waals surface area (Å²) < 4.78 is 39.0. The van der Waals surface area contributed by atoms with Crippen LogP contribution in [-0.2, 0) is 39.8 Å². The van der Waals surface area contributed by atoms with Crippen LogP contribution in [0.3, 0.4) is 0 Å². The number of hydrogen-bond acceptors (Lipinski definition) is 15. The molecule has 0 saturated carbocycles. The Kier molecular flexibility index (Phi) is 24.5. The number of guanidine groups is 2. The van der Waals surface area contributed by atoms with Gasteiger partial charge < -0.3 is 33.2 Å². The van der Waals surface area contributed by atoms with Gasteiger partial charge in [-0.3, -0.25) is 26.4 Å². The summed E-state index contributed by atoms with van der Waals surface area (Å²) >= 11 is 0. The number of benzene rings is 1. The van der Waals surface area contributed by atoms with E-state index in [1.807, 2.05) is 0 Å². The number of carbonyl (C=O) groups excluding carboxylic acids is 6. The number of alkyl carbamates (subject to hydrolysis) is 3. The van der Waals surface area contributed by atoms with Crippen LogP contribution in [0, 0.1) is 5.41 Å². The first kappa shape index (κ1) is 63.0. The molecular weight excluding hydrogens is 921 g/mol. The Morgan fingerprint density at radius 3 is 1.34 bits per heavy atom. The van der Waals surface area contributed by atoms with Crippen LogP contribution in [0.25, 0.3) is 0 Å². The fourth-order valence-corrected chi connectivity index (χ4v) is 5.59. The van der Waals surface area contributed by atoms with Crippen molar-refractivity contribution in [1.82, 2.24) is 25.8 Å². The van der Waals surface area contributed by atoms with Crippen LogP contribution >= 0.6 is 0 Å². The van der Waals surface area contributed by atoms with Gasteiger partial charge in [-0.05, 0) is 143 Å². The smallest absolute Gasteiger partial charge is 0.437 e. The molecule has 0 aliphatic carbocycles. The number of amides is 6. The van der Waals surface area contributed by atoms with E-state index in [0.29, 0.717) is 30.4 Å². The molecule has 402 valence electrons. The lowest BCUT2D eigenvalue weighted by atomic mass is 10.1. The van der Waals surface area contributed by atoms with Crippen LogP contribution < -0.4 is 16.0 Å². The van der Waals surface area contributed by atoms with Crippen LogP contribution in [-0.4, -0.2) is 124 Å². The molecule has 4 N–H and O–H groups in total. The molecule has 0 heterocycles. The summed E-state index contributed by atoms with van der Waals surface area (Å²) in [5, 5.41) is 15.6. The highest BCUT2D eigenvalue weighted by molar-refractivity contribution is 6.05. The highest BCUT2D eigenvalue weighted by atomic mass is 16.6. The van der Waals surface area contributed by atoms with Crippen molar-refractivity contribution in [2.45, 2.75) is 203 Å². The van der Waals surface area contributed by atoms with Crippen molar-refractivity contribution in [2.24, 2.45) is 9.98 Å². The summed E-state index contributed by atoms with van der Waals surface area (Å²) in [4.78, 5) is 89.5. The van der Waals surface area contributed by atoms with Crippen molar-refractivity contribution in [1.29, 1.82) is 5.41 Å². The molecule has 0 spiro atoms. The number of aliphatic imine (C=N–C) groups is 2. The van der Waals surface area contributed by atoms with Gasteiger partial charge in [0.15, 0.2) is 0 Å². The maximum absolute atomic E-state index is 14.1. The minimum absolute atomic E-state index is 0.0127. The highest BCUT2D eigenvalue weighted by Gasteiger charge is 2.35. The van der Waals surface area contributed by atoms with Crippen molar-refractivity contribution < 1.29 is 61.9 Å². The average molecular weight is 1010 g/mol. The fraction of sp³-hybridized carbons (Fsp3) is 0.700. The van der Waals surface area contributed by atoms with Crippen molar-refractivity contribution in [3.05, 3.63) is 35.4 Å². The fourth-order valence-electron chi connectivity index (χ4n) is 5.59. The number of nitrogens with one attached hydrogen (secondary N) is 4. The van der Waals surface area contributed by atoms with Gasteiger partial charge >= 0.3 is 36.6 Å². The normalized spacial score (nSPS) is 12.4. The summed E-state index contributed by atoms with van der Waals surface area (Å²) in [6.45, 7) is 30.5. The summed E-state index contributed by atoms with van der Waals surface area (Å²) in [6.07, 6.45) is -1.28. The average Bonchev–Trinajstić information content (AvgIpc) is 3.13. The van der Waals surface area contributed by atoms with E-state index < -0.39 is 70.2 Å². The lowest BCUT2D eigenvalue weighted by Crippen LogP contribution is -2.53. The van der Waals surface area contributed by atoms with Crippen molar-refractivity contribution >= 4 is 54.3 Å². The minimum atomic E-state index is -1.06. The van der Waals surface area contributed by atoms with Gasteiger partial charge in [-0.15, -0.1) is 4.99 Å². The topological polar surface area (TPSA) is 258 Å². The maximum atomic E-state index is 14.1. The van der Waals surface area contributed by atoms with Gasteiger partial charge in [-0.2, -0.15) is 0 Å². The minimum Gasteiger partial charge on any atom is -0.444 e. The van der Waals surface area contributed by atoms with Crippen LogP contribution in [0.5, 0.6) is 0 Å². The molecule has 1 aromatic carbocycles. The number of ether oxygens (including phenoxy) is 7. The van der Waals surface area contributed by atoms with Gasteiger partial charge in [0.05, 0.1) is 19.8 Å². The molecule has 0 fully saturated rings. The first-order chi connectivity index (χ1) is 32.3. The lowest BCUT2D eigenvalue weighted by molar-refractivity contribution is 0.0223. The Hall–Kier alpha value is -5.99. The Labute approximate surface area is 421 Å². The van der Waals surface area contributed by atoms with E-state index in [0.717, 1.165) is 29.1 Å². The zero-order chi connectivity index (χ0) is 54.6. The third kappa shape index (κ3) is 31.1. The highest BCUT2D eigenvalue weighted by Crippen LogP contribution is 2.19. The van der Waals surface area contributed by atoms with Crippen LogP contribution in [0.2, 0.25) is 0 Å². The quantitative estimate of drug-likeness (QED) is 0.0552. The first-order valence-corrected chi connectivity index (χ1v) is 23.9. The second kappa shape index (κ2) is 27.6. The van der Waals surface area contributed by atoms with Gasteiger partial charge in [0.2, 0.25) is 11.9 Å². The molecule has 1 aromatic rings. The molecule has 0 aromatic heterocycles. The van der Waals surface area contributed by atoms with E-state index >= 15 is 0 Å². The number of carbonyl (C=O) groups is 6. The predicted molar refractivity (Wildman–Crippen MR) is 271 cm³/mol. The maximum Gasteiger partial charge on any atom is 0.437 e. The van der Waals surface area contributed by atoms with Gasteiger partial charge in [0.25, 0.3) is 0 Å². The molecule has 0 atom stereocenters. The zero-order valence-corrected chi connectivity index (χ0v) is 45.7. The van der Waals surface area contributed by atoms with Gasteiger partial charge in [0, 0.05) is 18.7 Å². The second-order valence-corrected chi connectivity index (χ2v) is 22.5. The van der Waals surface area contributed by atoms with E-state index in [1.54, 1.807) is 149 Å². The number of amidine groups is 1. The van der Waals surface area contributed by atoms with Crippen LogP contribution in [0.15, 0.2) is 34.3 Å². The summed E-state index contributed by atoms with van der Waals surface area (Å²) in [5.74, 6) is -0.627. The second-order valence-electron chi connectivity index (χ2n) is 22.5. The number of hydrogen-bond donors (Lipinski definition) is 4. The number of unbranched alkanes of at least 4 members (excludes halogenated alkanes) is 5. The molecule has 71 heavy (non-hydrogen) atoms. The standard InChI is InChI=1S/C50H84N8O13/c1-45(2,3)66-39(59)53-36(51)35-27-25-34(26-28-35)33-65-32-31-58(44(64)71-50(16,17)18)38(56-42(62)69-48(10,11)12)57(43(63)70-49(13,14)15)30-24-22-20-19-21-23-29-52-37(54-40(60)67-46(4,5)6)55-41(61)68-47(7,8)9/h25-28H,19-24,29-33H2,1-18H3,(H2,51,53,59)(H2,52,54,55,60,61). The Morgan fingerprint density at radius 2 is 0.901 bits per heavy atom. The molecule has 0 unspecified atom stereocenters. The number of nitrogens with zero attached hydrogens (tertiary/aromatic N) is 4. The molecule has 0 bridgehead atoms. The number of rotatable bonds is 15. The molecule has 21 heteroatoms. The van der Waals surface area contributed by atoms with E-state index in [4.69, 9.17) is 38.6 Å². The van der Waals surface area contributed by atoms with E-state index in [2.05, 4.69) is 25.9 Å². The molecule has 0 aliphatic rings. The Morgan fingerprint density at radius 1 is 0.507 bits per heavy atom. The first-order valence-electron chi connectivity index (χ1n) is 23.9. The molecule has 0 saturated heterocycles. The molecular formula is C50H84N8O13. The third-order valence-corrected chi connectivity index (χ3v) is 8.19. The third-order valence-electron chi connectivity index (χ3n) is 8.19. The summed E-state index contributed by atoms with van der Waals surface area (Å²) in [6, 6.07) is 6.72. The van der Waals surface area contributed by atoms with Gasteiger partial charge in [-0.25, -0.2) is 38.6 Å². The monoisotopic (exact) mass is 1000 g/mol. The SMILES string of the molecule is CC(C)(C)OC(=O)N=C(N(CCCCCCCCN=C(NC(=O)OC(C)(C)C)NC(=O)OC(C)(C)C)C(=O)OC(C)(C)C)N(CCOCc1ccc(C(=N)NC(=O)OC(C)(C)C)cc1)C(=O)OC(C)(C)C. The van der Waals surface area contributed by atoms with Crippen LogP contribution in [0.4, 0.5) is 28.8 Å². The van der Waals surface area contributed by atoms with Gasteiger partial charge in [-0.1, -0.05) is 49.9 Å². The van der Waals surface area contributed by atoms with E-state index in [1.165, 1.54) is 0 Å². The predicted octanol–water partition coefficient (Wildman–Crippen LogP) is 10.6. The largest absolute Gasteiger partial charge is 0.444 e. The summed E-state index contributed by atoms with van der Waals surface area (Å²) in [7, 11) is 0. The van der Waals surface area contributed by atoms with Crippen molar-refractivity contribution in [3.63, 3.8) is 0 Å². The van der Waals surface area contributed by atoms with E-state index in [-0.39, 0.29) is 50.6 Å². The Balaban J connectivity index is 3.32. The van der Waals surface area contributed by atoms with E-state index in [9.17, 15) is 28.8 Å². The van der Waals surface area contributed by atoms with Crippen molar-refractivity contribution in [3.8, 4) is 0 Å². The molecule has 1 rings (SSSR count). The molecule has 0 aliphatic heterocycles. The van der Waals surface area contributed by atoms with Gasteiger partial charge in [0.1, 0.15) is 39.4 Å². The molecule has 21 nitrogen and oxygen atoms in total. The Bertz CT molecular complexity index is 1960. The zero-order valence-electron chi connectivity index (χ0n) is 45.7. The molecule has 6 amide bonds.